The van der Waals surface area contributed by atoms with Crippen molar-refractivity contribution in [2.24, 2.45) is 0 Å². The van der Waals surface area contributed by atoms with Crippen molar-refractivity contribution in [1.29, 1.82) is 0 Å². The van der Waals surface area contributed by atoms with E-state index in [0.29, 0.717) is 0 Å². The molecule has 1 fully saturated rings. The van der Waals surface area contributed by atoms with Crippen LogP contribution in [0, 0.1) is 0 Å². The molecular formula is C9H5F7. The van der Waals surface area contributed by atoms with Gasteiger partial charge in [-0.15, -0.1) is 0 Å². The number of halogens is 7. The van der Waals surface area contributed by atoms with E-state index in [9.17, 15) is 30.7 Å². The van der Waals surface area contributed by atoms with Crippen LogP contribution in [0.2, 0.25) is 0 Å². The molecule has 0 saturated heterocycles. The van der Waals surface area contributed by atoms with E-state index < -0.39 is 41.5 Å². The summed E-state index contributed by atoms with van der Waals surface area (Å²) in [5, 5.41) is 0. The van der Waals surface area contributed by atoms with E-state index in [-0.39, 0.29) is 12.2 Å². The van der Waals surface area contributed by atoms with Gasteiger partial charge in [-0.3, -0.25) is 0 Å². The predicted octanol–water partition coefficient (Wildman–Crippen LogP) is 3.50. The Morgan fingerprint density at radius 3 is 2.00 bits per heavy atom. The molecule has 0 amide bonds. The zero-order valence-corrected chi connectivity index (χ0v) is 7.58. The first kappa shape index (κ1) is 11.5. The minimum absolute atomic E-state index is 0.0391. The van der Waals surface area contributed by atoms with Gasteiger partial charge in [0.25, 0.3) is 0 Å². The maximum Gasteiger partial charge on any atom is 0.354 e. The number of allylic oxidation sites excluding steroid dienone is 3. The van der Waals surface area contributed by atoms with Crippen LogP contribution in [0.5, 0.6) is 0 Å². The van der Waals surface area contributed by atoms with Crippen molar-refractivity contribution in [1.82, 2.24) is 0 Å². The van der Waals surface area contributed by atoms with Crippen LogP contribution in [0.25, 0.3) is 0 Å². The molecule has 3 aliphatic rings. The molecule has 0 N–H and O–H groups in total. The Kier molecular flexibility index (Phi) is 1.88. The van der Waals surface area contributed by atoms with Crippen LogP contribution in [-0.4, -0.2) is 23.2 Å². The summed E-state index contributed by atoms with van der Waals surface area (Å²) in [6.07, 6.45) is -2.00. The summed E-state index contributed by atoms with van der Waals surface area (Å²) >= 11 is 0. The quantitative estimate of drug-likeness (QED) is 0.453. The van der Waals surface area contributed by atoms with Crippen LogP contribution in [0.3, 0.4) is 0 Å². The number of fused-ring (bicyclic) bond motifs is 2. The van der Waals surface area contributed by atoms with Crippen molar-refractivity contribution in [2.75, 3.05) is 0 Å². The third-order valence-corrected chi connectivity index (χ3v) is 3.00. The molecule has 90 valence electrons. The van der Waals surface area contributed by atoms with Gasteiger partial charge in [0, 0.05) is 12.0 Å². The smallest absolute Gasteiger partial charge is 0.232 e. The Bertz CT molecular complexity index is 397. The molecule has 0 aromatic heterocycles. The number of rotatable bonds is 0. The highest BCUT2D eigenvalue weighted by molar-refractivity contribution is 5.46. The van der Waals surface area contributed by atoms with E-state index in [1.807, 2.05) is 0 Å². The van der Waals surface area contributed by atoms with E-state index in [2.05, 4.69) is 0 Å². The van der Waals surface area contributed by atoms with Gasteiger partial charge in [-0.25, -0.2) is 13.2 Å². The molecular weight excluding hydrogens is 241 g/mol. The first-order valence-corrected chi connectivity index (χ1v) is 4.26. The van der Waals surface area contributed by atoms with Crippen molar-refractivity contribution in [3.05, 3.63) is 24.1 Å². The summed E-state index contributed by atoms with van der Waals surface area (Å²) in [7, 11) is 0. The summed E-state index contributed by atoms with van der Waals surface area (Å²) in [6, 6.07) is 0. The largest absolute Gasteiger partial charge is 0.354 e. The van der Waals surface area contributed by atoms with Gasteiger partial charge >= 0.3 is 11.8 Å². The molecule has 7 heteroatoms. The Hall–Kier alpha value is -1.01. The molecule has 0 aromatic rings. The third kappa shape index (κ3) is 0.883. The van der Waals surface area contributed by atoms with Crippen molar-refractivity contribution >= 4 is 0 Å². The molecule has 0 radical (unpaired) electrons. The van der Waals surface area contributed by atoms with E-state index in [4.69, 9.17) is 0 Å². The van der Waals surface area contributed by atoms with Crippen LogP contribution >= 0.6 is 0 Å². The average molecular weight is 246 g/mol. The summed E-state index contributed by atoms with van der Waals surface area (Å²) in [4.78, 5) is 0. The molecule has 16 heavy (non-hydrogen) atoms. The summed E-state index contributed by atoms with van der Waals surface area (Å²) in [5.41, 5.74) is -9.02. The Morgan fingerprint density at radius 1 is 0.938 bits per heavy atom. The van der Waals surface area contributed by atoms with Crippen molar-refractivity contribution < 1.29 is 30.7 Å². The lowest BCUT2D eigenvalue weighted by Crippen LogP contribution is -2.71. The van der Waals surface area contributed by atoms with Crippen LogP contribution in [0.1, 0.15) is 6.42 Å². The molecule has 0 aromatic carbocycles. The third-order valence-electron chi connectivity index (χ3n) is 3.00. The van der Waals surface area contributed by atoms with E-state index in [0.717, 1.165) is 0 Å². The number of alkyl halides is 6. The van der Waals surface area contributed by atoms with E-state index in [1.54, 1.807) is 0 Å². The topological polar surface area (TPSA) is 0 Å². The van der Waals surface area contributed by atoms with Gasteiger partial charge in [-0.1, -0.05) is 0 Å². The fourth-order valence-corrected chi connectivity index (χ4v) is 1.95. The highest BCUT2D eigenvalue weighted by Gasteiger charge is 2.83. The van der Waals surface area contributed by atoms with Crippen LogP contribution in [0.15, 0.2) is 24.1 Å². The zero-order chi connectivity index (χ0) is 12.4. The second-order valence-corrected chi connectivity index (χ2v) is 3.87. The highest BCUT2D eigenvalue weighted by atomic mass is 19.3. The standard InChI is InChI=1S/C9H5F7/c10-4-5-3-6(11)1-2-7(5,12)9(15,16)8(6,13)14/h1-2,4H,3H2. The number of hydrogen-bond donors (Lipinski definition) is 0. The predicted molar refractivity (Wildman–Crippen MR) is 40.5 cm³/mol. The Morgan fingerprint density at radius 2 is 1.50 bits per heavy atom. The molecule has 0 nitrogen and oxygen atoms in total. The molecule has 3 aliphatic carbocycles. The summed E-state index contributed by atoms with van der Waals surface area (Å²) in [6.45, 7) is 0. The van der Waals surface area contributed by atoms with Crippen LogP contribution < -0.4 is 0 Å². The van der Waals surface area contributed by atoms with Crippen LogP contribution in [-0.2, 0) is 0 Å². The van der Waals surface area contributed by atoms with Crippen molar-refractivity contribution in [3.63, 3.8) is 0 Å². The van der Waals surface area contributed by atoms with E-state index >= 15 is 0 Å². The van der Waals surface area contributed by atoms with Crippen LogP contribution in [0.4, 0.5) is 30.7 Å². The molecule has 0 aliphatic heterocycles. The van der Waals surface area contributed by atoms with Crippen molar-refractivity contribution in [2.45, 2.75) is 29.6 Å². The van der Waals surface area contributed by atoms with Crippen molar-refractivity contribution in [3.8, 4) is 0 Å². The average Bonchev–Trinajstić information content (AvgIpc) is 2.19. The van der Waals surface area contributed by atoms with Gasteiger partial charge in [0.15, 0.2) is 0 Å². The maximum atomic E-state index is 13.7. The van der Waals surface area contributed by atoms with E-state index in [1.165, 1.54) is 0 Å². The Balaban J connectivity index is 2.73. The van der Waals surface area contributed by atoms with Gasteiger partial charge < -0.3 is 0 Å². The Labute approximate surface area is 85.4 Å². The van der Waals surface area contributed by atoms with Gasteiger partial charge in [0.05, 0.1) is 6.33 Å². The van der Waals surface area contributed by atoms with Gasteiger partial charge in [0.2, 0.25) is 11.3 Å². The molecule has 3 rings (SSSR count). The minimum atomic E-state index is -5.31. The second kappa shape index (κ2) is 2.62. The normalized spacial score (nSPS) is 46.3. The highest BCUT2D eigenvalue weighted by Crippen LogP contribution is 2.64. The molecule has 0 spiro atoms. The number of hydrogen-bond acceptors (Lipinski definition) is 0. The minimum Gasteiger partial charge on any atom is -0.232 e. The molecule has 1 saturated carbocycles. The van der Waals surface area contributed by atoms with Gasteiger partial charge in [-0.2, -0.15) is 17.6 Å². The van der Waals surface area contributed by atoms with Gasteiger partial charge in [0.1, 0.15) is 0 Å². The lowest BCUT2D eigenvalue weighted by Gasteiger charge is -2.51. The lowest BCUT2D eigenvalue weighted by atomic mass is 9.64. The fraction of sp³-hybridized carbons (Fsp3) is 0.556. The lowest BCUT2D eigenvalue weighted by molar-refractivity contribution is -0.313. The fourth-order valence-electron chi connectivity index (χ4n) is 1.95. The molecule has 0 heterocycles. The second-order valence-electron chi connectivity index (χ2n) is 3.87. The SMILES string of the molecule is FC=C1CC2(F)C=CC1(F)C(F)(F)C2(F)F. The molecule has 2 bridgehead atoms. The summed E-state index contributed by atoms with van der Waals surface area (Å²) in [5.74, 6) is -10.5. The van der Waals surface area contributed by atoms with Gasteiger partial charge in [-0.05, 0) is 12.2 Å². The molecule has 2 atom stereocenters. The first-order chi connectivity index (χ1) is 7.12. The molecule has 2 unspecified atom stereocenters. The monoisotopic (exact) mass is 246 g/mol. The summed E-state index contributed by atoms with van der Waals surface area (Å²) < 4.78 is 91.7. The maximum absolute atomic E-state index is 13.7. The first-order valence-electron chi connectivity index (χ1n) is 4.26. The zero-order valence-electron chi connectivity index (χ0n) is 7.58.